The Hall–Kier alpha value is -1.06. The standard InChI is InChI=1S/C11H17NO2/c1-12(2)10-8-6-5-7-9(10)11(13-3)14-4/h5-8,11H,1-4H3. The summed E-state index contributed by atoms with van der Waals surface area (Å²) in [7, 11) is 7.28. The first-order chi connectivity index (χ1) is 6.70. The Morgan fingerprint density at radius 3 is 2.14 bits per heavy atom. The number of ether oxygens (including phenoxy) is 2. The zero-order valence-corrected chi connectivity index (χ0v) is 9.15. The SMILES string of the molecule is COC(OC)c1ccccc1N(C)C. The van der Waals surface area contributed by atoms with Gasteiger partial charge in [0, 0.05) is 39.6 Å². The van der Waals surface area contributed by atoms with Crippen LogP contribution in [0.25, 0.3) is 0 Å². The molecular weight excluding hydrogens is 178 g/mol. The summed E-state index contributed by atoms with van der Waals surface area (Å²) in [6, 6.07) is 8.03. The predicted octanol–water partition coefficient (Wildman–Crippen LogP) is 2.04. The highest BCUT2D eigenvalue weighted by molar-refractivity contribution is 5.53. The lowest BCUT2D eigenvalue weighted by atomic mass is 10.1. The number of methoxy groups -OCH3 is 2. The Labute approximate surface area is 85.2 Å². The smallest absolute Gasteiger partial charge is 0.185 e. The third-order valence-corrected chi connectivity index (χ3v) is 2.10. The van der Waals surface area contributed by atoms with Gasteiger partial charge in [-0.25, -0.2) is 0 Å². The zero-order chi connectivity index (χ0) is 10.6. The van der Waals surface area contributed by atoms with Crippen LogP contribution in [-0.2, 0) is 9.47 Å². The van der Waals surface area contributed by atoms with Crippen LogP contribution < -0.4 is 4.90 Å². The third-order valence-electron chi connectivity index (χ3n) is 2.10. The Morgan fingerprint density at radius 2 is 1.64 bits per heavy atom. The molecule has 0 saturated carbocycles. The summed E-state index contributed by atoms with van der Waals surface area (Å²) < 4.78 is 10.5. The van der Waals surface area contributed by atoms with E-state index in [9.17, 15) is 0 Å². The number of anilines is 1. The van der Waals surface area contributed by atoms with E-state index in [1.165, 1.54) is 0 Å². The molecule has 0 fully saturated rings. The van der Waals surface area contributed by atoms with Crippen LogP contribution in [0.4, 0.5) is 5.69 Å². The molecular formula is C11H17NO2. The van der Waals surface area contributed by atoms with E-state index in [-0.39, 0.29) is 6.29 Å². The topological polar surface area (TPSA) is 21.7 Å². The highest BCUT2D eigenvalue weighted by Crippen LogP contribution is 2.27. The maximum absolute atomic E-state index is 5.23. The summed E-state index contributed by atoms with van der Waals surface area (Å²) >= 11 is 0. The fourth-order valence-corrected chi connectivity index (χ4v) is 1.44. The van der Waals surface area contributed by atoms with Crippen molar-refractivity contribution in [1.82, 2.24) is 0 Å². The lowest BCUT2D eigenvalue weighted by molar-refractivity contribution is -0.105. The molecule has 78 valence electrons. The summed E-state index contributed by atoms with van der Waals surface area (Å²) in [6.07, 6.45) is -0.298. The van der Waals surface area contributed by atoms with Crippen molar-refractivity contribution >= 4 is 5.69 Å². The lowest BCUT2D eigenvalue weighted by Gasteiger charge is -2.21. The van der Waals surface area contributed by atoms with Gasteiger partial charge in [-0.05, 0) is 6.07 Å². The van der Waals surface area contributed by atoms with Crippen molar-refractivity contribution in [3.63, 3.8) is 0 Å². The second kappa shape index (κ2) is 4.98. The number of benzene rings is 1. The molecule has 0 amide bonds. The van der Waals surface area contributed by atoms with Crippen molar-refractivity contribution in [3.8, 4) is 0 Å². The van der Waals surface area contributed by atoms with Crippen LogP contribution in [-0.4, -0.2) is 28.3 Å². The summed E-state index contributed by atoms with van der Waals surface area (Å²) in [5, 5.41) is 0. The summed E-state index contributed by atoms with van der Waals surface area (Å²) in [4.78, 5) is 2.04. The van der Waals surface area contributed by atoms with E-state index in [0.717, 1.165) is 11.3 Å². The van der Waals surface area contributed by atoms with Crippen molar-refractivity contribution in [1.29, 1.82) is 0 Å². The van der Waals surface area contributed by atoms with Crippen molar-refractivity contribution in [2.45, 2.75) is 6.29 Å². The van der Waals surface area contributed by atoms with E-state index >= 15 is 0 Å². The first kappa shape index (κ1) is 11.0. The highest BCUT2D eigenvalue weighted by atomic mass is 16.7. The molecule has 1 aromatic rings. The van der Waals surface area contributed by atoms with E-state index in [2.05, 4.69) is 0 Å². The van der Waals surface area contributed by atoms with Crippen LogP contribution in [0.15, 0.2) is 24.3 Å². The molecule has 0 spiro atoms. The maximum atomic E-state index is 5.23. The van der Waals surface area contributed by atoms with Crippen LogP contribution in [0, 0.1) is 0 Å². The number of para-hydroxylation sites is 1. The Bertz CT molecular complexity index is 282. The monoisotopic (exact) mass is 195 g/mol. The Kier molecular flexibility index (Phi) is 3.92. The minimum atomic E-state index is -0.298. The molecule has 0 aliphatic carbocycles. The first-order valence-electron chi connectivity index (χ1n) is 4.52. The molecule has 0 atom stereocenters. The molecule has 0 N–H and O–H groups in total. The van der Waals surface area contributed by atoms with Gasteiger partial charge in [0.15, 0.2) is 6.29 Å². The van der Waals surface area contributed by atoms with Crippen molar-refractivity contribution in [2.24, 2.45) is 0 Å². The molecule has 0 radical (unpaired) electrons. The van der Waals surface area contributed by atoms with Gasteiger partial charge >= 0.3 is 0 Å². The maximum Gasteiger partial charge on any atom is 0.185 e. The number of hydrogen-bond acceptors (Lipinski definition) is 3. The lowest BCUT2D eigenvalue weighted by Crippen LogP contribution is -2.14. The average Bonchev–Trinajstić information content (AvgIpc) is 2.20. The molecule has 0 aliphatic heterocycles. The van der Waals surface area contributed by atoms with E-state index in [1.807, 2.05) is 43.3 Å². The quantitative estimate of drug-likeness (QED) is 0.686. The summed E-state index contributed by atoms with van der Waals surface area (Å²) in [5.74, 6) is 0. The van der Waals surface area contributed by atoms with Crippen molar-refractivity contribution < 1.29 is 9.47 Å². The molecule has 1 aromatic carbocycles. The molecule has 0 unspecified atom stereocenters. The van der Waals surface area contributed by atoms with Gasteiger partial charge < -0.3 is 14.4 Å². The number of hydrogen-bond donors (Lipinski definition) is 0. The molecule has 0 aromatic heterocycles. The molecule has 0 saturated heterocycles. The fraction of sp³-hybridized carbons (Fsp3) is 0.455. The Balaban J connectivity index is 3.05. The van der Waals surface area contributed by atoms with Gasteiger partial charge in [0.25, 0.3) is 0 Å². The van der Waals surface area contributed by atoms with Gasteiger partial charge in [0.2, 0.25) is 0 Å². The molecule has 0 bridgehead atoms. The second-order valence-corrected chi connectivity index (χ2v) is 3.26. The van der Waals surface area contributed by atoms with Crippen LogP contribution in [0.1, 0.15) is 11.9 Å². The van der Waals surface area contributed by atoms with Gasteiger partial charge in [-0.15, -0.1) is 0 Å². The van der Waals surface area contributed by atoms with Crippen LogP contribution in [0.3, 0.4) is 0 Å². The van der Waals surface area contributed by atoms with Crippen LogP contribution >= 0.6 is 0 Å². The van der Waals surface area contributed by atoms with Gasteiger partial charge in [0.05, 0.1) is 0 Å². The molecule has 14 heavy (non-hydrogen) atoms. The Morgan fingerprint density at radius 1 is 1.07 bits per heavy atom. The van der Waals surface area contributed by atoms with Crippen molar-refractivity contribution in [2.75, 3.05) is 33.2 Å². The molecule has 0 aliphatic rings. The predicted molar refractivity (Wildman–Crippen MR) is 57.5 cm³/mol. The summed E-state index contributed by atoms with van der Waals surface area (Å²) in [6.45, 7) is 0. The van der Waals surface area contributed by atoms with E-state index in [4.69, 9.17) is 9.47 Å². The fourth-order valence-electron chi connectivity index (χ4n) is 1.44. The van der Waals surface area contributed by atoms with Gasteiger partial charge in [-0.2, -0.15) is 0 Å². The normalized spacial score (nSPS) is 10.6. The molecule has 3 heteroatoms. The first-order valence-corrected chi connectivity index (χ1v) is 4.52. The van der Waals surface area contributed by atoms with Gasteiger partial charge in [-0.1, -0.05) is 18.2 Å². The minimum absolute atomic E-state index is 0.298. The highest BCUT2D eigenvalue weighted by Gasteiger charge is 2.13. The molecule has 1 rings (SSSR count). The number of nitrogens with zero attached hydrogens (tertiary/aromatic N) is 1. The van der Waals surface area contributed by atoms with Gasteiger partial charge in [-0.3, -0.25) is 0 Å². The van der Waals surface area contributed by atoms with E-state index in [1.54, 1.807) is 14.2 Å². The minimum Gasteiger partial charge on any atom is -0.377 e. The van der Waals surface area contributed by atoms with Crippen molar-refractivity contribution in [3.05, 3.63) is 29.8 Å². The summed E-state index contributed by atoms with van der Waals surface area (Å²) in [5.41, 5.74) is 2.16. The van der Waals surface area contributed by atoms with Gasteiger partial charge in [0.1, 0.15) is 0 Å². The number of rotatable bonds is 4. The average molecular weight is 195 g/mol. The molecule has 0 heterocycles. The van der Waals surface area contributed by atoms with Crippen LogP contribution in [0.5, 0.6) is 0 Å². The zero-order valence-electron chi connectivity index (χ0n) is 9.15. The van der Waals surface area contributed by atoms with Crippen LogP contribution in [0.2, 0.25) is 0 Å². The van der Waals surface area contributed by atoms with E-state index < -0.39 is 0 Å². The molecule has 3 nitrogen and oxygen atoms in total. The largest absolute Gasteiger partial charge is 0.377 e. The third kappa shape index (κ3) is 2.25. The van der Waals surface area contributed by atoms with E-state index in [0.29, 0.717) is 0 Å². The second-order valence-electron chi connectivity index (χ2n) is 3.26.